The van der Waals surface area contributed by atoms with E-state index in [1.54, 1.807) is 0 Å². The molecule has 1 nitrogen and oxygen atoms in total. The Balaban J connectivity index is 2.15. The Kier molecular flexibility index (Phi) is 1.86. The first kappa shape index (κ1) is 11.1. The Morgan fingerprint density at radius 1 is 0.938 bits per heavy atom. The molecule has 2 bridgehead atoms. The highest BCUT2D eigenvalue weighted by Gasteiger charge is 2.73. The lowest BCUT2D eigenvalue weighted by Gasteiger charge is -2.59. The van der Waals surface area contributed by atoms with Crippen molar-refractivity contribution in [1.82, 2.24) is 0 Å². The summed E-state index contributed by atoms with van der Waals surface area (Å²) in [6.45, 7) is 9.61. The molecule has 0 radical (unpaired) electrons. The third-order valence-electron chi connectivity index (χ3n) is 6.98. The maximum absolute atomic E-state index is 10.8. The molecular weight excluding hydrogens is 196 g/mol. The van der Waals surface area contributed by atoms with E-state index in [9.17, 15) is 5.11 Å². The maximum Gasteiger partial charge on any atom is 0.0653 e. The third kappa shape index (κ3) is 0.903. The molecule has 16 heavy (non-hydrogen) atoms. The van der Waals surface area contributed by atoms with Gasteiger partial charge in [-0.15, -0.1) is 0 Å². The van der Waals surface area contributed by atoms with Crippen molar-refractivity contribution in [3.8, 4) is 0 Å². The van der Waals surface area contributed by atoms with Gasteiger partial charge in [-0.3, -0.25) is 0 Å². The Hall–Kier alpha value is -0.0400. The van der Waals surface area contributed by atoms with Crippen molar-refractivity contribution in [2.75, 3.05) is 0 Å². The molecule has 1 heteroatoms. The SMILES string of the molecule is CC1(C)CCC[C@@]2(C)[C@@H](O)[C@]3(C)CC[C@]12C3. The van der Waals surface area contributed by atoms with Crippen molar-refractivity contribution in [3.05, 3.63) is 0 Å². The molecule has 1 spiro atoms. The summed E-state index contributed by atoms with van der Waals surface area (Å²) in [4.78, 5) is 0. The number of aliphatic hydroxyl groups excluding tert-OH is 1. The van der Waals surface area contributed by atoms with Crippen molar-refractivity contribution in [3.63, 3.8) is 0 Å². The van der Waals surface area contributed by atoms with E-state index < -0.39 is 0 Å². The maximum atomic E-state index is 10.8. The van der Waals surface area contributed by atoms with Gasteiger partial charge >= 0.3 is 0 Å². The van der Waals surface area contributed by atoms with Crippen LogP contribution in [0.2, 0.25) is 0 Å². The van der Waals surface area contributed by atoms with Crippen molar-refractivity contribution in [2.24, 2.45) is 21.7 Å². The average Bonchev–Trinajstić information content (AvgIpc) is 2.62. The van der Waals surface area contributed by atoms with Gasteiger partial charge < -0.3 is 5.11 Å². The van der Waals surface area contributed by atoms with Crippen LogP contribution >= 0.6 is 0 Å². The van der Waals surface area contributed by atoms with E-state index in [1.807, 2.05) is 0 Å². The smallest absolute Gasteiger partial charge is 0.0653 e. The summed E-state index contributed by atoms with van der Waals surface area (Å²) < 4.78 is 0. The molecule has 92 valence electrons. The quantitative estimate of drug-likeness (QED) is 0.662. The second-order valence-electron chi connectivity index (χ2n) is 7.97. The van der Waals surface area contributed by atoms with Gasteiger partial charge in [0.25, 0.3) is 0 Å². The molecule has 0 aliphatic heterocycles. The van der Waals surface area contributed by atoms with Crippen molar-refractivity contribution in [2.45, 2.75) is 72.3 Å². The predicted octanol–water partition coefficient (Wildman–Crippen LogP) is 3.75. The lowest BCUT2D eigenvalue weighted by atomic mass is 9.46. The molecule has 0 unspecified atom stereocenters. The molecule has 0 heterocycles. The van der Waals surface area contributed by atoms with Crippen LogP contribution in [0.15, 0.2) is 0 Å². The average molecular weight is 222 g/mol. The highest BCUT2D eigenvalue weighted by atomic mass is 16.3. The zero-order chi connectivity index (χ0) is 11.8. The van der Waals surface area contributed by atoms with Crippen LogP contribution in [0.25, 0.3) is 0 Å². The molecule has 0 amide bonds. The molecule has 3 aliphatic rings. The molecule has 0 saturated heterocycles. The summed E-state index contributed by atoms with van der Waals surface area (Å²) in [5.74, 6) is 0. The van der Waals surface area contributed by atoms with Gasteiger partial charge in [-0.05, 0) is 48.3 Å². The fourth-order valence-electron chi connectivity index (χ4n) is 5.98. The summed E-state index contributed by atoms with van der Waals surface area (Å²) in [7, 11) is 0. The van der Waals surface area contributed by atoms with E-state index in [2.05, 4.69) is 27.7 Å². The van der Waals surface area contributed by atoms with Crippen molar-refractivity contribution < 1.29 is 5.11 Å². The molecule has 3 fully saturated rings. The van der Waals surface area contributed by atoms with Crippen molar-refractivity contribution in [1.29, 1.82) is 0 Å². The summed E-state index contributed by atoms with van der Waals surface area (Å²) in [6.07, 6.45) is 7.70. The fraction of sp³-hybridized carbons (Fsp3) is 1.00. The van der Waals surface area contributed by atoms with E-state index in [4.69, 9.17) is 0 Å². The van der Waals surface area contributed by atoms with Crippen LogP contribution < -0.4 is 0 Å². The molecular formula is C15H26O. The van der Waals surface area contributed by atoms with Gasteiger partial charge in [0.1, 0.15) is 0 Å². The zero-order valence-electron chi connectivity index (χ0n) is 11.3. The Labute approximate surface area is 99.6 Å². The minimum absolute atomic E-state index is 0.0617. The lowest BCUT2D eigenvalue weighted by Crippen LogP contribution is -2.55. The first-order valence-electron chi connectivity index (χ1n) is 6.96. The number of aliphatic hydroxyl groups is 1. The van der Waals surface area contributed by atoms with Crippen LogP contribution in [0.1, 0.15) is 66.2 Å². The van der Waals surface area contributed by atoms with E-state index in [1.165, 1.54) is 38.5 Å². The molecule has 0 aromatic heterocycles. The first-order chi connectivity index (χ1) is 7.28. The molecule has 1 N–H and O–H groups in total. The van der Waals surface area contributed by atoms with Crippen LogP contribution in [0.5, 0.6) is 0 Å². The monoisotopic (exact) mass is 222 g/mol. The standard InChI is InChI=1S/C15H26O/c1-12(2)6-5-7-14(4)11(16)13(3)8-9-15(12,14)10-13/h11,16H,5-10H2,1-4H3/t11-,13+,14-,15-/m0/s1. The minimum Gasteiger partial charge on any atom is -0.392 e. The van der Waals surface area contributed by atoms with Crippen LogP contribution in [0.4, 0.5) is 0 Å². The number of hydrogen-bond acceptors (Lipinski definition) is 1. The van der Waals surface area contributed by atoms with E-state index in [0.717, 1.165) is 0 Å². The predicted molar refractivity (Wildman–Crippen MR) is 66.1 cm³/mol. The normalized spacial score (nSPS) is 58.7. The topological polar surface area (TPSA) is 20.2 Å². The van der Waals surface area contributed by atoms with Gasteiger partial charge in [-0.25, -0.2) is 0 Å². The highest BCUT2D eigenvalue weighted by Crippen LogP contribution is 2.78. The van der Waals surface area contributed by atoms with E-state index in [0.29, 0.717) is 10.8 Å². The number of hydrogen-bond donors (Lipinski definition) is 1. The van der Waals surface area contributed by atoms with Gasteiger partial charge in [-0.1, -0.05) is 34.1 Å². The van der Waals surface area contributed by atoms with Crippen molar-refractivity contribution >= 4 is 0 Å². The van der Waals surface area contributed by atoms with Crippen LogP contribution in [-0.2, 0) is 0 Å². The number of fused-ring (bicyclic) bond motifs is 1. The summed E-state index contributed by atoms with van der Waals surface area (Å²) in [5.41, 5.74) is 1.26. The van der Waals surface area contributed by atoms with Gasteiger partial charge in [0.05, 0.1) is 6.10 Å². The Morgan fingerprint density at radius 3 is 2.25 bits per heavy atom. The Bertz CT molecular complexity index is 334. The van der Waals surface area contributed by atoms with Crippen LogP contribution in [0.3, 0.4) is 0 Å². The van der Waals surface area contributed by atoms with E-state index >= 15 is 0 Å². The highest BCUT2D eigenvalue weighted by molar-refractivity contribution is 5.22. The second kappa shape index (κ2) is 2.68. The van der Waals surface area contributed by atoms with Crippen LogP contribution in [0, 0.1) is 21.7 Å². The summed E-state index contributed by atoms with van der Waals surface area (Å²) >= 11 is 0. The zero-order valence-corrected chi connectivity index (χ0v) is 11.3. The molecule has 3 rings (SSSR count). The molecule has 0 aromatic carbocycles. The molecule has 0 aromatic rings. The Morgan fingerprint density at radius 2 is 1.62 bits per heavy atom. The fourth-order valence-corrected chi connectivity index (χ4v) is 5.98. The molecule has 3 aliphatic carbocycles. The molecule has 3 saturated carbocycles. The van der Waals surface area contributed by atoms with Gasteiger partial charge in [0.2, 0.25) is 0 Å². The second-order valence-corrected chi connectivity index (χ2v) is 7.97. The van der Waals surface area contributed by atoms with Gasteiger partial charge in [-0.2, -0.15) is 0 Å². The summed E-state index contributed by atoms with van der Waals surface area (Å²) in [6, 6.07) is 0. The largest absolute Gasteiger partial charge is 0.392 e. The number of rotatable bonds is 0. The third-order valence-corrected chi connectivity index (χ3v) is 6.98. The van der Waals surface area contributed by atoms with E-state index in [-0.39, 0.29) is 16.9 Å². The van der Waals surface area contributed by atoms with Gasteiger partial charge in [0.15, 0.2) is 0 Å². The first-order valence-corrected chi connectivity index (χ1v) is 6.96. The minimum atomic E-state index is -0.0617. The van der Waals surface area contributed by atoms with Gasteiger partial charge in [0, 0.05) is 5.41 Å². The molecule has 4 atom stereocenters. The summed E-state index contributed by atoms with van der Waals surface area (Å²) in [5, 5.41) is 10.8. The lowest BCUT2D eigenvalue weighted by molar-refractivity contribution is -0.146. The van der Waals surface area contributed by atoms with Crippen LogP contribution in [-0.4, -0.2) is 11.2 Å².